The molecule has 0 aliphatic rings. The SMILES string of the molecule is CCc1cc(-n2nnc(CNC)n2)ccc1OC. The highest BCUT2D eigenvalue weighted by atomic mass is 16.5. The van der Waals surface area contributed by atoms with Gasteiger partial charge < -0.3 is 10.1 Å². The highest BCUT2D eigenvalue weighted by Gasteiger charge is 2.07. The summed E-state index contributed by atoms with van der Waals surface area (Å²) in [5.74, 6) is 1.56. The minimum absolute atomic E-state index is 0.608. The monoisotopic (exact) mass is 247 g/mol. The molecule has 0 saturated heterocycles. The summed E-state index contributed by atoms with van der Waals surface area (Å²) in [6.07, 6.45) is 0.898. The number of aryl methyl sites for hydroxylation is 1. The number of tetrazole rings is 1. The lowest BCUT2D eigenvalue weighted by atomic mass is 10.1. The molecule has 1 aromatic heterocycles. The van der Waals surface area contributed by atoms with E-state index in [4.69, 9.17) is 4.74 Å². The molecule has 6 heteroatoms. The Balaban J connectivity index is 2.31. The van der Waals surface area contributed by atoms with Crippen molar-refractivity contribution < 1.29 is 4.74 Å². The standard InChI is InChI=1S/C12H17N5O/c1-4-9-7-10(5-6-11(9)18-3)17-15-12(8-13-2)14-16-17/h5-7,13H,4,8H2,1-3H3. The fourth-order valence-corrected chi connectivity index (χ4v) is 1.75. The van der Waals surface area contributed by atoms with E-state index >= 15 is 0 Å². The summed E-state index contributed by atoms with van der Waals surface area (Å²) in [4.78, 5) is 1.53. The van der Waals surface area contributed by atoms with Gasteiger partial charge in [-0.25, -0.2) is 0 Å². The van der Waals surface area contributed by atoms with Crippen LogP contribution in [0.3, 0.4) is 0 Å². The number of rotatable bonds is 5. The predicted molar refractivity (Wildman–Crippen MR) is 67.8 cm³/mol. The molecular formula is C12H17N5O. The molecular weight excluding hydrogens is 230 g/mol. The minimum atomic E-state index is 0.608. The number of methoxy groups -OCH3 is 1. The molecule has 18 heavy (non-hydrogen) atoms. The number of nitrogens with zero attached hydrogens (tertiary/aromatic N) is 4. The molecule has 0 aliphatic carbocycles. The largest absolute Gasteiger partial charge is 0.496 e. The number of aromatic nitrogens is 4. The van der Waals surface area contributed by atoms with Gasteiger partial charge in [0.25, 0.3) is 0 Å². The number of ether oxygens (including phenoxy) is 1. The Morgan fingerprint density at radius 1 is 1.39 bits per heavy atom. The van der Waals surface area contributed by atoms with Gasteiger partial charge in [-0.15, -0.1) is 15.0 Å². The number of hydrogen-bond acceptors (Lipinski definition) is 5. The van der Waals surface area contributed by atoms with E-state index < -0.39 is 0 Å². The first-order valence-corrected chi connectivity index (χ1v) is 5.89. The zero-order chi connectivity index (χ0) is 13.0. The molecule has 2 rings (SSSR count). The van der Waals surface area contributed by atoms with Crippen LogP contribution in [0.1, 0.15) is 18.3 Å². The van der Waals surface area contributed by atoms with Crippen LogP contribution in [0, 0.1) is 0 Å². The Hall–Kier alpha value is -1.95. The second-order valence-corrected chi connectivity index (χ2v) is 3.88. The van der Waals surface area contributed by atoms with E-state index in [1.165, 1.54) is 4.80 Å². The number of benzene rings is 1. The third-order valence-electron chi connectivity index (χ3n) is 2.67. The number of hydrogen-bond donors (Lipinski definition) is 1. The molecule has 0 bridgehead atoms. The predicted octanol–water partition coefficient (Wildman–Crippen LogP) is 0.953. The van der Waals surface area contributed by atoms with Crippen LogP contribution in [0.25, 0.3) is 5.69 Å². The molecule has 1 aromatic carbocycles. The van der Waals surface area contributed by atoms with E-state index in [-0.39, 0.29) is 0 Å². The van der Waals surface area contributed by atoms with Crippen LogP contribution in [-0.4, -0.2) is 34.4 Å². The Bertz CT molecular complexity index is 523. The Labute approximate surface area is 106 Å². The summed E-state index contributed by atoms with van der Waals surface area (Å²) in [6.45, 7) is 2.69. The van der Waals surface area contributed by atoms with Gasteiger partial charge in [0.2, 0.25) is 0 Å². The van der Waals surface area contributed by atoms with Gasteiger partial charge >= 0.3 is 0 Å². The van der Waals surface area contributed by atoms with Gasteiger partial charge in [-0.3, -0.25) is 0 Å². The van der Waals surface area contributed by atoms with Crippen molar-refractivity contribution in [3.63, 3.8) is 0 Å². The lowest BCUT2D eigenvalue weighted by molar-refractivity contribution is 0.410. The molecule has 1 N–H and O–H groups in total. The van der Waals surface area contributed by atoms with Gasteiger partial charge in [0.15, 0.2) is 5.82 Å². The van der Waals surface area contributed by atoms with Crippen LogP contribution in [-0.2, 0) is 13.0 Å². The lowest BCUT2D eigenvalue weighted by Crippen LogP contribution is -2.07. The maximum absolute atomic E-state index is 5.30. The first-order valence-electron chi connectivity index (χ1n) is 5.89. The van der Waals surface area contributed by atoms with Gasteiger partial charge in [-0.2, -0.15) is 0 Å². The maximum Gasteiger partial charge on any atom is 0.188 e. The van der Waals surface area contributed by atoms with Gasteiger partial charge in [0.1, 0.15) is 5.75 Å². The highest BCUT2D eigenvalue weighted by molar-refractivity contribution is 5.43. The Morgan fingerprint density at radius 2 is 2.22 bits per heavy atom. The zero-order valence-corrected chi connectivity index (χ0v) is 10.8. The molecule has 0 unspecified atom stereocenters. The van der Waals surface area contributed by atoms with E-state index in [0.29, 0.717) is 12.4 Å². The molecule has 0 radical (unpaired) electrons. The fourth-order valence-electron chi connectivity index (χ4n) is 1.75. The van der Waals surface area contributed by atoms with Crippen molar-refractivity contribution in [1.29, 1.82) is 0 Å². The molecule has 0 fully saturated rings. The van der Waals surface area contributed by atoms with Gasteiger partial charge in [-0.05, 0) is 42.4 Å². The molecule has 0 atom stereocenters. The topological polar surface area (TPSA) is 64.9 Å². The van der Waals surface area contributed by atoms with Gasteiger partial charge in [0.05, 0.1) is 19.3 Å². The molecule has 1 heterocycles. The van der Waals surface area contributed by atoms with Gasteiger partial charge in [0, 0.05) is 0 Å². The van der Waals surface area contributed by atoms with Crippen LogP contribution in [0.4, 0.5) is 0 Å². The lowest BCUT2D eigenvalue weighted by Gasteiger charge is -2.07. The second-order valence-electron chi connectivity index (χ2n) is 3.88. The summed E-state index contributed by atoms with van der Waals surface area (Å²) in [7, 11) is 3.52. The van der Waals surface area contributed by atoms with Crippen molar-refractivity contribution in [3.8, 4) is 11.4 Å². The maximum atomic E-state index is 5.30. The Kier molecular flexibility index (Phi) is 3.88. The highest BCUT2D eigenvalue weighted by Crippen LogP contribution is 2.21. The van der Waals surface area contributed by atoms with E-state index in [2.05, 4.69) is 27.7 Å². The average molecular weight is 247 g/mol. The summed E-state index contributed by atoms with van der Waals surface area (Å²) >= 11 is 0. The third kappa shape index (κ3) is 2.48. The first-order chi connectivity index (χ1) is 8.78. The molecule has 6 nitrogen and oxygen atoms in total. The van der Waals surface area contributed by atoms with Crippen molar-refractivity contribution in [3.05, 3.63) is 29.6 Å². The van der Waals surface area contributed by atoms with Crippen molar-refractivity contribution in [2.45, 2.75) is 19.9 Å². The molecule has 2 aromatic rings. The van der Waals surface area contributed by atoms with Gasteiger partial charge in [-0.1, -0.05) is 6.92 Å². The number of nitrogens with one attached hydrogen (secondary N) is 1. The minimum Gasteiger partial charge on any atom is -0.496 e. The first kappa shape index (κ1) is 12.5. The second kappa shape index (κ2) is 5.59. The summed E-state index contributed by atoms with van der Waals surface area (Å²) in [6, 6.07) is 5.86. The molecule has 0 aliphatic heterocycles. The van der Waals surface area contributed by atoms with Crippen molar-refractivity contribution in [2.24, 2.45) is 0 Å². The van der Waals surface area contributed by atoms with Crippen molar-refractivity contribution in [1.82, 2.24) is 25.5 Å². The molecule has 0 spiro atoms. The van der Waals surface area contributed by atoms with Crippen molar-refractivity contribution >= 4 is 0 Å². The van der Waals surface area contributed by atoms with E-state index in [0.717, 1.165) is 23.4 Å². The summed E-state index contributed by atoms with van der Waals surface area (Å²) in [5.41, 5.74) is 2.02. The van der Waals surface area contributed by atoms with Crippen molar-refractivity contribution in [2.75, 3.05) is 14.2 Å². The average Bonchev–Trinajstić information content (AvgIpc) is 2.87. The molecule has 0 saturated carbocycles. The normalized spacial score (nSPS) is 10.6. The van der Waals surface area contributed by atoms with Crippen LogP contribution >= 0.6 is 0 Å². The molecule has 0 amide bonds. The smallest absolute Gasteiger partial charge is 0.188 e. The summed E-state index contributed by atoms with van der Waals surface area (Å²) in [5, 5.41) is 15.3. The zero-order valence-electron chi connectivity index (χ0n) is 10.8. The fraction of sp³-hybridized carbons (Fsp3) is 0.417. The molecule has 96 valence electrons. The Morgan fingerprint density at radius 3 is 2.89 bits per heavy atom. The van der Waals surface area contributed by atoms with Crippen LogP contribution in [0.5, 0.6) is 5.75 Å². The van der Waals surface area contributed by atoms with E-state index in [9.17, 15) is 0 Å². The van der Waals surface area contributed by atoms with Crippen LogP contribution in [0.15, 0.2) is 18.2 Å². The van der Waals surface area contributed by atoms with Crippen LogP contribution in [0.2, 0.25) is 0 Å². The van der Waals surface area contributed by atoms with E-state index in [1.54, 1.807) is 7.11 Å². The quantitative estimate of drug-likeness (QED) is 0.852. The summed E-state index contributed by atoms with van der Waals surface area (Å²) < 4.78 is 5.30. The third-order valence-corrected chi connectivity index (χ3v) is 2.67. The van der Waals surface area contributed by atoms with E-state index in [1.807, 2.05) is 25.2 Å². The van der Waals surface area contributed by atoms with Crippen LogP contribution < -0.4 is 10.1 Å².